The Morgan fingerprint density at radius 3 is 2.68 bits per heavy atom. The van der Waals surface area contributed by atoms with Gasteiger partial charge in [-0.15, -0.1) is 5.10 Å². The molecule has 6 nitrogen and oxygen atoms in total. The lowest BCUT2D eigenvalue weighted by molar-refractivity contribution is 0.0524. The van der Waals surface area contributed by atoms with Crippen molar-refractivity contribution in [1.82, 2.24) is 14.6 Å². The SMILES string of the molecule is CCOC(=O)c1nn2c(-c3ccc(OC)cc3)c(C)nc2s1. The molecule has 114 valence electrons. The molecule has 22 heavy (non-hydrogen) atoms. The van der Waals surface area contributed by atoms with Gasteiger partial charge >= 0.3 is 5.97 Å². The predicted octanol–water partition coefficient (Wildman–Crippen LogP) is 2.95. The summed E-state index contributed by atoms with van der Waals surface area (Å²) in [4.78, 5) is 16.9. The van der Waals surface area contributed by atoms with Crippen molar-refractivity contribution in [2.75, 3.05) is 13.7 Å². The second-order valence-corrected chi connectivity index (χ2v) is 5.55. The summed E-state index contributed by atoms with van der Waals surface area (Å²) < 4.78 is 11.8. The number of nitrogens with zero attached hydrogens (tertiary/aromatic N) is 3. The number of hydrogen-bond acceptors (Lipinski definition) is 6. The van der Waals surface area contributed by atoms with Crippen LogP contribution in [0.1, 0.15) is 22.4 Å². The van der Waals surface area contributed by atoms with Crippen LogP contribution in [0.3, 0.4) is 0 Å². The van der Waals surface area contributed by atoms with E-state index in [1.54, 1.807) is 18.5 Å². The van der Waals surface area contributed by atoms with Gasteiger partial charge in [0.1, 0.15) is 5.75 Å². The Balaban J connectivity index is 2.07. The van der Waals surface area contributed by atoms with Gasteiger partial charge in [0.05, 0.1) is 25.1 Å². The smallest absolute Gasteiger partial charge is 0.369 e. The van der Waals surface area contributed by atoms with Crippen LogP contribution in [-0.4, -0.2) is 34.3 Å². The molecule has 7 heteroatoms. The van der Waals surface area contributed by atoms with Crippen LogP contribution in [0.5, 0.6) is 5.75 Å². The Hall–Kier alpha value is -2.41. The average Bonchev–Trinajstić information content (AvgIpc) is 3.04. The summed E-state index contributed by atoms with van der Waals surface area (Å²) in [6.07, 6.45) is 0. The van der Waals surface area contributed by atoms with Crippen molar-refractivity contribution in [3.8, 4) is 17.0 Å². The van der Waals surface area contributed by atoms with Gasteiger partial charge in [-0.1, -0.05) is 11.3 Å². The fourth-order valence-corrected chi connectivity index (χ4v) is 3.04. The number of carbonyl (C=O) groups is 1. The molecule has 2 aromatic heterocycles. The van der Waals surface area contributed by atoms with Gasteiger partial charge in [0.2, 0.25) is 9.97 Å². The van der Waals surface area contributed by atoms with E-state index in [4.69, 9.17) is 9.47 Å². The van der Waals surface area contributed by atoms with Crippen LogP contribution in [0, 0.1) is 6.92 Å². The molecular weight excluding hydrogens is 302 g/mol. The Morgan fingerprint density at radius 2 is 2.05 bits per heavy atom. The summed E-state index contributed by atoms with van der Waals surface area (Å²) in [5.74, 6) is 0.365. The number of hydrogen-bond donors (Lipinski definition) is 0. The highest BCUT2D eigenvalue weighted by Crippen LogP contribution is 2.28. The van der Waals surface area contributed by atoms with Gasteiger partial charge in [-0.2, -0.15) is 0 Å². The third-order valence-corrected chi connectivity index (χ3v) is 4.08. The number of methoxy groups -OCH3 is 1. The molecule has 3 rings (SSSR count). The van der Waals surface area contributed by atoms with Crippen LogP contribution in [0.15, 0.2) is 24.3 Å². The molecule has 0 aliphatic heterocycles. The molecule has 0 N–H and O–H groups in total. The Labute approximate surface area is 131 Å². The van der Waals surface area contributed by atoms with Gasteiger partial charge in [0.15, 0.2) is 0 Å². The highest BCUT2D eigenvalue weighted by molar-refractivity contribution is 7.18. The molecule has 1 aromatic carbocycles. The molecular formula is C15H15N3O3S. The van der Waals surface area contributed by atoms with E-state index < -0.39 is 5.97 Å². The van der Waals surface area contributed by atoms with Gasteiger partial charge in [0, 0.05) is 5.56 Å². The first-order chi connectivity index (χ1) is 10.6. The standard InChI is InChI=1S/C15H15N3O3S/c1-4-21-14(19)13-17-18-12(9(2)16-15(18)22-13)10-5-7-11(20-3)8-6-10/h5-8H,4H2,1-3H3. The van der Waals surface area contributed by atoms with Gasteiger partial charge in [-0.3, -0.25) is 0 Å². The highest BCUT2D eigenvalue weighted by Gasteiger charge is 2.19. The van der Waals surface area contributed by atoms with Crippen LogP contribution in [0.25, 0.3) is 16.2 Å². The first-order valence-electron chi connectivity index (χ1n) is 6.81. The second-order valence-electron chi connectivity index (χ2n) is 4.60. The zero-order chi connectivity index (χ0) is 15.7. The average molecular weight is 317 g/mol. The Bertz CT molecular complexity index is 821. The third-order valence-electron chi connectivity index (χ3n) is 3.19. The predicted molar refractivity (Wildman–Crippen MR) is 83.5 cm³/mol. The number of fused-ring (bicyclic) bond motifs is 1. The molecule has 2 heterocycles. The molecule has 0 aliphatic carbocycles. The van der Waals surface area contributed by atoms with Crippen molar-refractivity contribution in [3.63, 3.8) is 0 Å². The van der Waals surface area contributed by atoms with E-state index in [-0.39, 0.29) is 0 Å². The van der Waals surface area contributed by atoms with Crippen LogP contribution in [0.4, 0.5) is 0 Å². The number of aryl methyl sites for hydroxylation is 1. The van der Waals surface area contributed by atoms with E-state index >= 15 is 0 Å². The van der Waals surface area contributed by atoms with Crippen LogP contribution in [-0.2, 0) is 4.74 Å². The molecule has 0 fully saturated rings. The molecule has 0 spiro atoms. The number of ether oxygens (including phenoxy) is 2. The van der Waals surface area contributed by atoms with Crippen LogP contribution < -0.4 is 4.74 Å². The lowest BCUT2D eigenvalue weighted by Gasteiger charge is -2.03. The van der Waals surface area contributed by atoms with E-state index in [9.17, 15) is 4.79 Å². The zero-order valence-corrected chi connectivity index (χ0v) is 13.3. The lowest BCUT2D eigenvalue weighted by atomic mass is 10.1. The molecule has 0 bridgehead atoms. The monoisotopic (exact) mass is 317 g/mol. The van der Waals surface area contributed by atoms with Crippen molar-refractivity contribution in [1.29, 1.82) is 0 Å². The summed E-state index contributed by atoms with van der Waals surface area (Å²) in [6, 6.07) is 7.65. The van der Waals surface area contributed by atoms with Crippen LogP contribution >= 0.6 is 11.3 Å². The van der Waals surface area contributed by atoms with Gasteiger partial charge < -0.3 is 9.47 Å². The van der Waals surface area contributed by atoms with Crippen molar-refractivity contribution < 1.29 is 14.3 Å². The topological polar surface area (TPSA) is 65.7 Å². The number of esters is 1. The minimum atomic E-state index is -0.420. The molecule has 0 atom stereocenters. The summed E-state index contributed by atoms with van der Waals surface area (Å²) in [6.45, 7) is 4.01. The largest absolute Gasteiger partial charge is 0.497 e. The van der Waals surface area contributed by atoms with Crippen molar-refractivity contribution in [3.05, 3.63) is 35.0 Å². The lowest BCUT2D eigenvalue weighted by Crippen LogP contribution is -2.05. The molecule has 0 unspecified atom stereocenters. The van der Waals surface area contributed by atoms with Gasteiger partial charge in [-0.25, -0.2) is 14.3 Å². The van der Waals surface area contributed by atoms with Gasteiger partial charge in [0.25, 0.3) is 0 Å². The maximum absolute atomic E-state index is 11.8. The number of rotatable bonds is 4. The zero-order valence-electron chi connectivity index (χ0n) is 12.5. The third kappa shape index (κ3) is 2.43. The Kier molecular flexibility index (Phi) is 3.81. The maximum atomic E-state index is 11.8. The first kappa shape index (κ1) is 14.5. The summed E-state index contributed by atoms with van der Waals surface area (Å²) in [5, 5.41) is 4.64. The van der Waals surface area contributed by atoms with E-state index in [2.05, 4.69) is 10.1 Å². The second kappa shape index (κ2) is 5.76. The minimum Gasteiger partial charge on any atom is -0.497 e. The quantitative estimate of drug-likeness (QED) is 0.692. The van der Waals surface area contributed by atoms with Crippen molar-refractivity contribution >= 4 is 22.3 Å². The molecule has 0 saturated heterocycles. The van der Waals surface area contributed by atoms with Crippen LogP contribution in [0.2, 0.25) is 0 Å². The number of carbonyl (C=O) groups excluding carboxylic acids is 1. The fraction of sp³-hybridized carbons (Fsp3) is 0.267. The summed E-state index contributed by atoms with van der Waals surface area (Å²) in [5.41, 5.74) is 2.69. The van der Waals surface area contributed by atoms with Crippen molar-refractivity contribution in [2.45, 2.75) is 13.8 Å². The normalized spacial score (nSPS) is 10.9. The van der Waals surface area contributed by atoms with E-state index in [1.807, 2.05) is 31.2 Å². The van der Waals surface area contributed by atoms with E-state index in [0.717, 1.165) is 22.7 Å². The summed E-state index contributed by atoms with van der Waals surface area (Å²) in [7, 11) is 1.63. The first-order valence-corrected chi connectivity index (χ1v) is 7.63. The van der Waals surface area contributed by atoms with E-state index in [1.165, 1.54) is 11.3 Å². The number of benzene rings is 1. The summed E-state index contributed by atoms with van der Waals surface area (Å²) >= 11 is 1.22. The molecule has 3 aromatic rings. The number of aromatic nitrogens is 3. The molecule has 0 aliphatic rings. The Morgan fingerprint density at radius 1 is 1.32 bits per heavy atom. The van der Waals surface area contributed by atoms with Crippen molar-refractivity contribution in [2.24, 2.45) is 0 Å². The fourth-order valence-electron chi connectivity index (χ4n) is 2.20. The highest BCUT2D eigenvalue weighted by atomic mass is 32.1. The maximum Gasteiger partial charge on any atom is 0.369 e. The molecule has 0 radical (unpaired) electrons. The van der Waals surface area contributed by atoms with Gasteiger partial charge in [-0.05, 0) is 38.1 Å². The minimum absolute atomic E-state index is 0.305. The van der Waals surface area contributed by atoms with E-state index in [0.29, 0.717) is 16.6 Å². The molecule has 0 saturated carbocycles. The molecule has 0 amide bonds. The number of imidazole rings is 1.